The van der Waals surface area contributed by atoms with Gasteiger partial charge in [-0.15, -0.1) is 0 Å². The van der Waals surface area contributed by atoms with E-state index in [1.807, 2.05) is 0 Å². The van der Waals surface area contributed by atoms with Crippen molar-refractivity contribution in [2.45, 2.75) is 18.6 Å². The summed E-state index contributed by atoms with van der Waals surface area (Å²) in [7, 11) is 0. The van der Waals surface area contributed by atoms with Gasteiger partial charge in [0.25, 0.3) is 0 Å². The molecule has 104 valence electrons. The van der Waals surface area contributed by atoms with Gasteiger partial charge >= 0.3 is 0 Å². The van der Waals surface area contributed by atoms with Gasteiger partial charge in [0.15, 0.2) is 0 Å². The maximum Gasteiger partial charge on any atom is 0.130 e. The lowest BCUT2D eigenvalue weighted by atomic mass is 9.93. The van der Waals surface area contributed by atoms with Crippen LogP contribution in [-0.4, -0.2) is 0 Å². The summed E-state index contributed by atoms with van der Waals surface area (Å²) < 4.78 is 32.8. The minimum Gasteiger partial charge on any atom is -0.485 e. The molecular weight excluding hydrogens is 284 g/mol. The Morgan fingerprint density at radius 3 is 2.70 bits per heavy atom. The Balaban J connectivity index is 1.99. The Hall–Kier alpha value is -1.65. The maximum atomic E-state index is 13.9. The number of ether oxygens (including phenoxy) is 1. The molecule has 5 heteroatoms. The summed E-state index contributed by atoms with van der Waals surface area (Å²) in [6.45, 7) is 0. The Labute approximate surface area is 120 Å². The van der Waals surface area contributed by atoms with Crippen LogP contribution in [0.3, 0.4) is 0 Å². The molecule has 0 aromatic heterocycles. The molecule has 2 aromatic carbocycles. The number of rotatable bonds is 1. The number of fused-ring (bicyclic) bond motifs is 1. The van der Waals surface area contributed by atoms with E-state index >= 15 is 0 Å². The highest BCUT2D eigenvalue weighted by Crippen LogP contribution is 2.40. The smallest absolute Gasteiger partial charge is 0.130 e. The molecule has 0 bridgehead atoms. The Bertz CT molecular complexity index is 662. The molecule has 2 N–H and O–H groups in total. The molecular formula is C15H12ClF2NO. The topological polar surface area (TPSA) is 35.2 Å². The predicted molar refractivity (Wildman–Crippen MR) is 72.7 cm³/mol. The third kappa shape index (κ3) is 2.37. The predicted octanol–water partition coefficient (Wildman–Crippen LogP) is 4.14. The molecule has 1 aliphatic rings. The summed E-state index contributed by atoms with van der Waals surface area (Å²) in [5.74, 6) is -0.276. The molecule has 2 nitrogen and oxygen atoms in total. The molecule has 3 rings (SSSR count). The lowest BCUT2D eigenvalue weighted by molar-refractivity contribution is 0.157. The van der Waals surface area contributed by atoms with Gasteiger partial charge in [-0.1, -0.05) is 11.6 Å². The van der Waals surface area contributed by atoms with Gasteiger partial charge in [0.05, 0.1) is 0 Å². The van der Waals surface area contributed by atoms with Crippen molar-refractivity contribution in [3.05, 3.63) is 64.2 Å². The van der Waals surface area contributed by atoms with Crippen LogP contribution in [0, 0.1) is 11.6 Å². The van der Waals surface area contributed by atoms with Crippen LogP contribution >= 0.6 is 11.6 Å². The first-order valence-corrected chi connectivity index (χ1v) is 6.59. The zero-order valence-corrected chi connectivity index (χ0v) is 11.2. The van der Waals surface area contributed by atoms with Crippen molar-refractivity contribution >= 4 is 11.6 Å². The Morgan fingerprint density at radius 1 is 1.10 bits per heavy atom. The Kier molecular flexibility index (Phi) is 3.36. The van der Waals surface area contributed by atoms with Crippen LogP contribution in [0.1, 0.15) is 29.7 Å². The van der Waals surface area contributed by atoms with E-state index in [4.69, 9.17) is 22.1 Å². The molecule has 0 amide bonds. The van der Waals surface area contributed by atoms with E-state index in [2.05, 4.69) is 0 Å². The zero-order valence-electron chi connectivity index (χ0n) is 10.4. The van der Waals surface area contributed by atoms with Crippen molar-refractivity contribution in [2.24, 2.45) is 5.73 Å². The van der Waals surface area contributed by atoms with E-state index in [-0.39, 0.29) is 5.82 Å². The minimum absolute atomic E-state index is 0.364. The molecule has 0 fully saturated rings. The van der Waals surface area contributed by atoms with Gasteiger partial charge in [-0.3, -0.25) is 0 Å². The van der Waals surface area contributed by atoms with Crippen molar-refractivity contribution in [3.8, 4) is 5.75 Å². The number of halogens is 3. The second-order valence-corrected chi connectivity index (χ2v) is 5.23. The summed E-state index contributed by atoms with van der Waals surface area (Å²) in [6.07, 6.45) is -0.157. The zero-order chi connectivity index (χ0) is 14.3. The largest absolute Gasteiger partial charge is 0.485 e. The molecule has 0 aliphatic carbocycles. The van der Waals surface area contributed by atoms with Crippen LogP contribution in [0.4, 0.5) is 8.78 Å². The van der Waals surface area contributed by atoms with Crippen LogP contribution in [0.2, 0.25) is 5.02 Å². The monoisotopic (exact) mass is 295 g/mol. The fourth-order valence-corrected chi connectivity index (χ4v) is 2.61. The SMILES string of the molecule is N[C@@H]1CC(c2cc(Cl)ccc2F)Oc2ccc(F)cc21. The second kappa shape index (κ2) is 5.04. The van der Waals surface area contributed by atoms with Crippen molar-refractivity contribution < 1.29 is 13.5 Å². The van der Waals surface area contributed by atoms with E-state index in [1.165, 1.54) is 36.4 Å². The van der Waals surface area contributed by atoms with Gasteiger partial charge in [-0.05, 0) is 36.4 Å². The van der Waals surface area contributed by atoms with Gasteiger partial charge < -0.3 is 10.5 Å². The lowest BCUT2D eigenvalue weighted by Crippen LogP contribution is -2.24. The van der Waals surface area contributed by atoms with Crippen molar-refractivity contribution in [1.29, 1.82) is 0 Å². The van der Waals surface area contributed by atoms with Crippen LogP contribution in [-0.2, 0) is 0 Å². The van der Waals surface area contributed by atoms with E-state index < -0.39 is 18.0 Å². The van der Waals surface area contributed by atoms with Gasteiger partial charge in [0, 0.05) is 28.6 Å². The van der Waals surface area contributed by atoms with Crippen LogP contribution in [0.15, 0.2) is 36.4 Å². The Morgan fingerprint density at radius 2 is 1.90 bits per heavy atom. The fourth-order valence-electron chi connectivity index (χ4n) is 2.43. The molecule has 0 spiro atoms. The number of hydrogen-bond donors (Lipinski definition) is 1. The van der Waals surface area contributed by atoms with E-state index in [9.17, 15) is 8.78 Å². The summed E-state index contributed by atoms with van der Waals surface area (Å²) in [5, 5.41) is 0.434. The first kappa shape index (κ1) is 13.3. The summed E-state index contributed by atoms with van der Waals surface area (Å²) in [6, 6.07) is 8.06. The first-order valence-electron chi connectivity index (χ1n) is 6.21. The van der Waals surface area contributed by atoms with Crippen LogP contribution in [0.5, 0.6) is 5.75 Å². The molecule has 20 heavy (non-hydrogen) atoms. The van der Waals surface area contributed by atoms with Crippen molar-refractivity contribution in [1.82, 2.24) is 0 Å². The van der Waals surface area contributed by atoms with E-state index in [0.717, 1.165) is 0 Å². The second-order valence-electron chi connectivity index (χ2n) is 4.80. The van der Waals surface area contributed by atoms with Gasteiger partial charge in [-0.2, -0.15) is 0 Å². The minimum atomic E-state index is -0.526. The van der Waals surface area contributed by atoms with Crippen LogP contribution in [0.25, 0.3) is 0 Å². The highest BCUT2D eigenvalue weighted by Gasteiger charge is 2.29. The molecule has 0 saturated heterocycles. The highest BCUT2D eigenvalue weighted by atomic mass is 35.5. The summed E-state index contributed by atoms with van der Waals surface area (Å²) in [4.78, 5) is 0. The molecule has 0 saturated carbocycles. The van der Waals surface area contributed by atoms with Crippen LogP contribution < -0.4 is 10.5 Å². The summed E-state index contributed by atoms with van der Waals surface area (Å²) in [5.41, 5.74) is 6.99. The number of nitrogens with two attached hydrogens (primary N) is 1. The van der Waals surface area contributed by atoms with E-state index in [1.54, 1.807) is 0 Å². The molecule has 1 heterocycles. The number of hydrogen-bond acceptors (Lipinski definition) is 2. The average Bonchev–Trinajstić information content (AvgIpc) is 2.42. The molecule has 2 atom stereocenters. The summed E-state index contributed by atoms with van der Waals surface area (Å²) >= 11 is 5.89. The highest BCUT2D eigenvalue weighted by molar-refractivity contribution is 6.30. The molecule has 2 aromatic rings. The molecule has 0 radical (unpaired) electrons. The van der Waals surface area contributed by atoms with Gasteiger partial charge in [-0.25, -0.2) is 8.78 Å². The normalized spacial score (nSPS) is 21.2. The first-order chi connectivity index (χ1) is 9.54. The lowest BCUT2D eigenvalue weighted by Gasteiger charge is -2.30. The quantitative estimate of drug-likeness (QED) is 0.858. The number of benzene rings is 2. The van der Waals surface area contributed by atoms with Crippen molar-refractivity contribution in [3.63, 3.8) is 0 Å². The fraction of sp³-hybridized carbons (Fsp3) is 0.200. The molecule has 1 unspecified atom stereocenters. The van der Waals surface area contributed by atoms with Gasteiger partial charge in [0.2, 0.25) is 0 Å². The molecule has 1 aliphatic heterocycles. The van der Waals surface area contributed by atoms with Gasteiger partial charge in [0.1, 0.15) is 23.5 Å². The average molecular weight is 296 g/mol. The third-order valence-electron chi connectivity index (χ3n) is 3.41. The van der Waals surface area contributed by atoms with E-state index in [0.29, 0.717) is 28.3 Å². The standard InChI is InChI=1S/C15H12ClF2NO/c16-8-1-3-12(18)10(5-8)15-7-13(19)11-6-9(17)2-4-14(11)20-15/h1-6,13,15H,7,19H2/t13-,15?/m1/s1. The third-order valence-corrected chi connectivity index (χ3v) is 3.65. The maximum absolute atomic E-state index is 13.9. The van der Waals surface area contributed by atoms with Crippen molar-refractivity contribution in [2.75, 3.05) is 0 Å².